The van der Waals surface area contributed by atoms with E-state index in [0.29, 0.717) is 6.04 Å². The van der Waals surface area contributed by atoms with Crippen LogP contribution in [0.25, 0.3) is 0 Å². The van der Waals surface area contributed by atoms with E-state index in [-0.39, 0.29) is 12.2 Å². The number of aryl methyl sites for hydroxylation is 1. The van der Waals surface area contributed by atoms with E-state index in [1.54, 1.807) is 14.2 Å². The summed E-state index contributed by atoms with van der Waals surface area (Å²) >= 11 is 0. The Bertz CT molecular complexity index is 455. The zero-order valence-corrected chi connectivity index (χ0v) is 13.6. The van der Waals surface area contributed by atoms with Crippen molar-refractivity contribution >= 4 is 5.95 Å². The second-order valence-electron chi connectivity index (χ2n) is 5.77. The van der Waals surface area contributed by atoms with E-state index in [4.69, 9.17) is 9.47 Å². The van der Waals surface area contributed by atoms with Crippen LogP contribution in [-0.4, -0.2) is 55.5 Å². The summed E-state index contributed by atoms with van der Waals surface area (Å²) in [6.07, 6.45) is 2.05. The fourth-order valence-corrected chi connectivity index (χ4v) is 2.48. The maximum Gasteiger partial charge on any atom is 0.225 e. The lowest BCUT2D eigenvalue weighted by Crippen LogP contribution is -2.27. The van der Waals surface area contributed by atoms with Crippen molar-refractivity contribution in [2.75, 3.05) is 32.2 Å². The molecule has 6 heteroatoms. The molecule has 0 aromatic carbocycles. The molecule has 2 atom stereocenters. The molecule has 118 valence electrons. The van der Waals surface area contributed by atoms with E-state index < -0.39 is 0 Å². The Labute approximate surface area is 126 Å². The Morgan fingerprint density at radius 3 is 2.38 bits per heavy atom. The van der Waals surface area contributed by atoms with Gasteiger partial charge in [0.1, 0.15) is 12.2 Å². The molecule has 1 fully saturated rings. The van der Waals surface area contributed by atoms with Crippen LogP contribution in [0.1, 0.15) is 25.1 Å². The predicted octanol–water partition coefficient (Wildman–Crippen LogP) is 1.13. The highest BCUT2D eigenvalue weighted by Gasteiger charge is 2.34. The summed E-state index contributed by atoms with van der Waals surface area (Å²) in [5, 5.41) is 3.39. The number of anilines is 1. The minimum atomic E-state index is 0.0705. The van der Waals surface area contributed by atoms with Gasteiger partial charge >= 0.3 is 0 Å². The first-order chi connectivity index (χ1) is 10.0. The number of aromatic nitrogens is 2. The van der Waals surface area contributed by atoms with Crippen LogP contribution < -0.4 is 10.2 Å². The zero-order chi connectivity index (χ0) is 15.4. The minimum Gasteiger partial charge on any atom is -0.377 e. The van der Waals surface area contributed by atoms with Crippen molar-refractivity contribution in [1.29, 1.82) is 0 Å². The molecular weight excluding hydrogens is 268 g/mol. The van der Waals surface area contributed by atoms with Gasteiger partial charge in [-0.3, -0.25) is 0 Å². The molecule has 0 bridgehead atoms. The summed E-state index contributed by atoms with van der Waals surface area (Å²) in [5.41, 5.74) is 2.15. The van der Waals surface area contributed by atoms with Gasteiger partial charge in [-0.15, -0.1) is 0 Å². The van der Waals surface area contributed by atoms with Gasteiger partial charge in [-0.2, -0.15) is 0 Å². The first kappa shape index (κ1) is 16.1. The van der Waals surface area contributed by atoms with Crippen molar-refractivity contribution in [3.8, 4) is 0 Å². The molecule has 0 spiro atoms. The van der Waals surface area contributed by atoms with Crippen LogP contribution in [0.4, 0.5) is 5.95 Å². The molecule has 0 aliphatic carbocycles. The quantitative estimate of drug-likeness (QED) is 0.849. The van der Waals surface area contributed by atoms with Crippen LogP contribution >= 0.6 is 0 Å². The Morgan fingerprint density at radius 2 is 1.90 bits per heavy atom. The monoisotopic (exact) mass is 294 g/mol. The van der Waals surface area contributed by atoms with E-state index in [1.807, 2.05) is 13.1 Å². The average molecular weight is 294 g/mol. The number of hydrogen-bond acceptors (Lipinski definition) is 6. The SMILES string of the molecule is COC1CN(c2ncc(CNC(C)C)c(C)n2)CC1OC. The third-order valence-corrected chi connectivity index (χ3v) is 3.87. The summed E-state index contributed by atoms with van der Waals surface area (Å²) in [6.45, 7) is 8.61. The zero-order valence-electron chi connectivity index (χ0n) is 13.6. The normalized spacial score (nSPS) is 22.3. The van der Waals surface area contributed by atoms with Gasteiger partial charge in [-0.1, -0.05) is 13.8 Å². The van der Waals surface area contributed by atoms with Crippen molar-refractivity contribution in [2.45, 2.75) is 45.6 Å². The van der Waals surface area contributed by atoms with Gasteiger partial charge in [-0.25, -0.2) is 9.97 Å². The Balaban J connectivity index is 2.06. The smallest absolute Gasteiger partial charge is 0.225 e. The molecule has 21 heavy (non-hydrogen) atoms. The van der Waals surface area contributed by atoms with Crippen molar-refractivity contribution in [1.82, 2.24) is 15.3 Å². The summed E-state index contributed by atoms with van der Waals surface area (Å²) < 4.78 is 10.9. The maximum atomic E-state index is 5.45. The molecule has 1 saturated heterocycles. The van der Waals surface area contributed by atoms with Crippen LogP contribution in [0.15, 0.2) is 6.20 Å². The number of nitrogens with zero attached hydrogens (tertiary/aromatic N) is 3. The highest BCUT2D eigenvalue weighted by molar-refractivity contribution is 5.35. The van der Waals surface area contributed by atoms with Gasteiger partial charge in [0.05, 0.1) is 0 Å². The molecule has 1 aliphatic rings. The number of hydrogen-bond donors (Lipinski definition) is 1. The number of rotatable bonds is 6. The van der Waals surface area contributed by atoms with Gasteiger partial charge in [0, 0.05) is 57.3 Å². The Hall–Kier alpha value is -1.24. The molecule has 1 N–H and O–H groups in total. The number of methoxy groups -OCH3 is 2. The average Bonchev–Trinajstić information content (AvgIpc) is 2.89. The van der Waals surface area contributed by atoms with Gasteiger partial charge in [0.2, 0.25) is 5.95 Å². The van der Waals surface area contributed by atoms with E-state index in [1.165, 1.54) is 0 Å². The van der Waals surface area contributed by atoms with Crippen molar-refractivity contribution < 1.29 is 9.47 Å². The second-order valence-corrected chi connectivity index (χ2v) is 5.77. The van der Waals surface area contributed by atoms with E-state index >= 15 is 0 Å². The topological polar surface area (TPSA) is 59.5 Å². The molecule has 0 radical (unpaired) electrons. The molecule has 2 heterocycles. The van der Waals surface area contributed by atoms with Crippen LogP contribution in [-0.2, 0) is 16.0 Å². The van der Waals surface area contributed by atoms with E-state index in [2.05, 4.69) is 34.0 Å². The molecular formula is C15H26N4O2. The standard InChI is InChI=1S/C15H26N4O2/c1-10(2)16-6-12-7-17-15(18-11(12)3)19-8-13(20-4)14(9-19)21-5/h7,10,13-14,16H,6,8-9H2,1-5H3. The predicted molar refractivity (Wildman–Crippen MR) is 82.6 cm³/mol. The van der Waals surface area contributed by atoms with Crippen LogP contribution in [0, 0.1) is 6.92 Å². The lowest BCUT2D eigenvalue weighted by molar-refractivity contribution is -0.00461. The molecule has 1 aromatic rings. The molecule has 1 aromatic heterocycles. The first-order valence-electron chi connectivity index (χ1n) is 7.41. The summed E-state index contributed by atoms with van der Waals surface area (Å²) in [4.78, 5) is 11.3. The Kier molecular flexibility index (Phi) is 5.50. The largest absolute Gasteiger partial charge is 0.377 e. The second kappa shape index (κ2) is 7.15. The van der Waals surface area contributed by atoms with Gasteiger partial charge < -0.3 is 19.7 Å². The molecule has 0 amide bonds. The van der Waals surface area contributed by atoms with Crippen LogP contribution in [0.3, 0.4) is 0 Å². The van der Waals surface area contributed by atoms with Gasteiger partial charge in [0.25, 0.3) is 0 Å². The number of ether oxygens (including phenoxy) is 2. The third kappa shape index (κ3) is 3.90. The van der Waals surface area contributed by atoms with Crippen molar-refractivity contribution in [3.05, 3.63) is 17.5 Å². The van der Waals surface area contributed by atoms with Crippen molar-refractivity contribution in [3.63, 3.8) is 0 Å². The molecule has 2 rings (SSSR count). The molecule has 0 saturated carbocycles. The molecule has 2 unspecified atom stereocenters. The summed E-state index contributed by atoms with van der Waals surface area (Å²) in [5.74, 6) is 0.752. The first-order valence-corrected chi connectivity index (χ1v) is 7.41. The van der Waals surface area contributed by atoms with Crippen LogP contribution in [0.5, 0.6) is 0 Å². The van der Waals surface area contributed by atoms with Gasteiger partial charge in [-0.05, 0) is 6.92 Å². The lowest BCUT2D eigenvalue weighted by atomic mass is 10.2. The van der Waals surface area contributed by atoms with E-state index in [0.717, 1.165) is 36.8 Å². The van der Waals surface area contributed by atoms with E-state index in [9.17, 15) is 0 Å². The maximum absolute atomic E-state index is 5.45. The summed E-state index contributed by atoms with van der Waals surface area (Å²) in [7, 11) is 3.43. The third-order valence-electron chi connectivity index (χ3n) is 3.87. The lowest BCUT2D eigenvalue weighted by Gasteiger charge is -2.17. The minimum absolute atomic E-state index is 0.0705. The fraction of sp³-hybridized carbons (Fsp3) is 0.733. The molecule has 1 aliphatic heterocycles. The van der Waals surface area contributed by atoms with Crippen molar-refractivity contribution in [2.24, 2.45) is 0 Å². The van der Waals surface area contributed by atoms with Crippen LogP contribution in [0.2, 0.25) is 0 Å². The highest BCUT2D eigenvalue weighted by atomic mass is 16.5. The highest BCUT2D eigenvalue weighted by Crippen LogP contribution is 2.21. The number of nitrogens with one attached hydrogen (secondary N) is 1. The molecule has 6 nitrogen and oxygen atoms in total. The summed E-state index contributed by atoms with van der Waals surface area (Å²) in [6, 6.07) is 0.451. The fourth-order valence-electron chi connectivity index (χ4n) is 2.48. The Morgan fingerprint density at radius 1 is 1.29 bits per heavy atom. The van der Waals surface area contributed by atoms with Gasteiger partial charge in [0.15, 0.2) is 0 Å².